The van der Waals surface area contributed by atoms with Gasteiger partial charge >= 0.3 is 5.51 Å². The fourth-order valence-electron chi connectivity index (χ4n) is 0.867. The minimum Gasteiger partial charge on any atom is -0.160 e. The van der Waals surface area contributed by atoms with Crippen molar-refractivity contribution >= 4 is 17.8 Å². The second kappa shape index (κ2) is 6.35. The van der Waals surface area contributed by atoms with Crippen molar-refractivity contribution in [3.63, 3.8) is 0 Å². The van der Waals surface area contributed by atoms with E-state index in [1.807, 2.05) is 0 Å². The minimum absolute atomic E-state index is 0.119. The molecule has 0 saturated carbocycles. The van der Waals surface area contributed by atoms with Gasteiger partial charge in [-0.25, -0.2) is 0 Å². The molecule has 0 N–H and O–H groups in total. The first-order valence-electron chi connectivity index (χ1n) is 4.00. The molecule has 1 rings (SSSR count). The molecule has 0 fully saturated rings. The lowest BCUT2D eigenvalue weighted by molar-refractivity contribution is -0.0328. The third-order valence-corrected chi connectivity index (χ3v) is 2.19. The van der Waals surface area contributed by atoms with E-state index in [2.05, 4.69) is 19.7 Å². The molecule has 0 aliphatic rings. The van der Waals surface area contributed by atoms with Crippen LogP contribution >= 0.6 is 11.8 Å². The Bertz CT molecular complexity index is 318. The van der Waals surface area contributed by atoms with Gasteiger partial charge in [-0.2, -0.15) is 13.2 Å². The molecular weight excluding hydrogens is 221 g/mol. The maximum Gasteiger partial charge on any atom is 0.446 e. The third kappa shape index (κ3) is 5.32. The van der Waals surface area contributed by atoms with Gasteiger partial charge in [0, 0.05) is 4.90 Å². The molecule has 82 valence electrons. The van der Waals surface area contributed by atoms with Crippen LogP contribution in [0.1, 0.15) is 5.56 Å². The molecular formula is C11H11F3S. The van der Waals surface area contributed by atoms with Crippen molar-refractivity contribution < 1.29 is 13.2 Å². The standard InChI is InChI=1S/C9H7F3S.C2H4/c1-2-7-5-3-4-6-8(7)13-9(10,11)12;1-2/h2-6H,1H2;1-2H2. The van der Waals surface area contributed by atoms with Gasteiger partial charge in [-0.1, -0.05) is 30.9 Å². The van der Waals surface area contributed by atoms with E-state index in [-0.39, 0.29) is 16.7 Å². The average molecular weight is 232 g/mol. The van der Waals surface area contributed by atoms with E-state index in [1.165, 1.54) is 12.1 Å². The SMILES string of the molecule is C=C.C=Cc1ccccc1SC(F)(F)F. The Morgan fingerprint density at radius 3 is 2.13 bits per heavy atom. The summed E-state index contributed by atoms with van der Waals surface area (Å²) in [6, 6.07) is 6.27. The molecule has 0 aliphatic carbocycles. The lowest BCUT2D eigenvalue weighted by Crippen LogP contribution is -1.99. The van der Waals surface area contributed by atoms with E-state index < -0.39 is 5.51 Å². The van der Waals surface area contributed by atoms with Gasteiger partial charge < -0.3 is 0 Å². The molecule has 0 unspecified atom stereocenters. The van der Waals surface area contributed by atoms with Gasteiger partial charge in [0.05, 0.1) is 0 Å². The van der Waals surface area contributed by atoms with Crippen molar-refractivity contribution in [3.8, 4) is 0 Å². The second-order valence-electron chi connectivity index (χ2n) is 2.29. The molecule has 0 amide bonds. The number of benzene rings is 1. The van der Waals surface area contributed by atoms with Crippen molar-refractivity contribution in [2.75, 3.05) is 0 Å². The van der Waals surface area contributed by atoms with Gasteiger partial charge in [0.1, 0.15) is 0 Å². The molecule has 0 bridgehead atoms. The van der Waals surface area contributed by atoms with E-state index in [0.717, 1.165) is 0 Å². The number of halogens is 3. The Hall–Kier alpha value is -1.16. The van der Waals surface area contributed by atoms with Crippen LogP contribution < -0.4 is 0 Å². The molecule has 4 heteroatoms. The zero-order chi connectivity index (χ0) is 11.9. The van der Waals surface area contributed by atoms with Crippen LogP contribution in [0, 0.1) is 0 Å². The van der Waals surface area contributed by atoms with Crippen LogP contribution in [0.15, 0.2) is 48.9 Å². The summed E-state index contributed by atoms with van der Waals surface area (Å²) in [4.78, 5) is 0.185. The Balaban J connectivity index is 0.000000921. The summed E-state index contributed by atoms with van der Waals surface area (Å²) in [6.07, 6.45) is 1.41. The predicted octanol–water partition coefficient (Wildman–Crippen LogP) is 4.74. The largest absolute Gasteiger partial charge is 0.446 e. The van der Waals surface area contributed by atoms with Crippen molar-refractivity contribution in [2.45, 2.75) is 10.4 Å². The fourth-order valence-corrected chi connectivity index (χ4v) is 1.53. The molecule has 0 nitrogen and oxygen atoms in total. The summed E-state index contributed by atoms with van der Waals surface area (Å²) < 4.78 is 36.0. The number of thioether (sulfide) groups is 1. The van der Waals surface area contributed by atoms with Crippen LogP contribution in [0.3, 0.4) is 0 Å². The normalized spacial score (nSPS) is 10.1. The molecule has 0 heterocycles. The molecule has 1 aromatic rings. The predicted molar refractivity (Wildman–Crippen MR) is 59.7 cm³/mol. The molecule has 0 saturated heterocycles. The summed E-state index contributed by atoms with van der Waals surface area (Å²) in [7, 11) is 0. The highest BCUT2D eigenvalue weighted by Gasteiger charge is 2.29. The highest BCUT2D eigenvalue weighted by atomic mass is 32.2. The van der Waals surface area contributed by atoms with Gasteiger partial charge in [0.15, 0.2) is 0 Å². The Labute approximate surface area is 91.5 Å². The van der Waals surface area contributed by atoms with Crippen molar-refractivity contribution in [2.24, 2.45) is 0 Å². The molecule has 0 aliphatic heterocycles. The molecule has 0 radical (unpaired) electrons. The van der Waals surface area contributed by atoms with Crippen molar-refractivity contribution in [1.29, 1.82) is 0 Å². The van der Waals surface area contributed by atoms with E-state index in [4.69, 9.17) is 0 Å². The molecule has 1 aromatic carbocycles. The topological polar surface area (TPSA) is 0 Å². The second-order valence-corrected chi connectivity index (χ2v) is 3.40. The van der Waals surface area contributed by atoms with Crippen LogP contribution in [0.5, 0.6) is 0 Å². The first-order valence-corrected chi connectivity index (χ1v) is 4.82. The summed E-state index contributed by atoms with van der Waals surface area (Å²) in [5, 5.41) is 0. The van der Waals surface area contributed by atoms with Gasteiger partial charge in [0.2, 0.25) is 0 Å². The van der Waals surface area contributed by atoms with E-state index in [1.54, 1.807) is 18.2 Å². The minimum atomic E-state index is -4.24. The van der Waals surface area contributed by atoms with Gasteiger partial charge in [-0.3, -0.25) is 0 Å². The summed E-state index contributed by atoms with van der Waals surface area (Å²) in [6.45, 7) is 9.44. The van der Waals surface area contributed by atoms with E-state index in [9.17, 15) is 13.2 Å². The van der Waals surface area contributed by atoms with Crippen molar-refractivity contribution in [1.82, 2.24) is 0 Å². The maximum absolute atomic E-state index is 12.0. The molecule has 0 atom stereocenters. The van der Waals surface area contributed by atoms with Crippen LogP contribution in [0.2, 0.25) is 0 Å². The quantitative estimate of drug-likeness (QED) is 0.524. The zero-order valence-corrected chi connectivity index (χ0v) is 8.87. The first kappa shape index (κ1) is 13.8. The number of alkyl halides is 3. The van der Waals surface area contributed by atoms with Crippen LogP contribution in [0.25, 0.3) is 6.08 Å². The number of hydrogen-bond acceptors (Lipinski definition) is 1. The van der Waals surface area contributed by atoms with Crippen LogP contribution in [-0.2, 0) is 0 Å². The monoisotopic (exact) mass is 232 g/mol. The fraction of sp³-hybridized carbons (Fsp3) is 0.0909. The number of rotatable bonds is 2. The Morgan fingerprint density at radius 1 is 1.13 bits per heavy atom. The highest BCUT2D eigenvalue weighted by Crippen LogP contribution is 2.38. The van der Waals surface area contributed by atoms with Gasteiger partial charge in [0.25, 0.3) is 0 Å². The Kier molecular flexibility index (Phi) is 5.86. The number of hydrogen-bond donors (Lipinski definition) is 0. The Morgan fingerprint density at radius 2 is 1.67 bits per heavy atom. The summed E-state index contributed by atoms with van der Waals surface area (Å²) in [5.74, 6) is 0. The van der Waals surface area contributed by atoms with E-state index in [0.29, 0.717) is 5.56 Å². The van der Waals surface area contributed by atoms with Crippen molar-refractivity contribution in [3.05, 3.63) is 49.6 Å². The van der Waals surface area contributed by atoms with Gasteiger partial charge in [-0.05, 0) is 23.4 Å². The van der Waals surface area contributed by atoms with E-state index >= 15 is 0 Å². The van der Waals surface area contributed by atoms with Crippen LogP contribution in [0.4, 0.5) is 13.2 Å². The van der Waals surface area contributed by atoms with Crippen LogP contribution in [-0.4, -0.2) is 5.51 Å². The molecule has 0 spiro atoms. The highest BCUT2D eigenvalue weighted by molar-refractivity contribution is 8.00. The molecule has 15 heavy (non-hydrogen) atoms. The third-order valence-electron chi connectivity index (χ3n) is 1.36. The smallest absolute Gasteiger partial charge is 0.160 e. The molecule has 0 aromatic heterocycles. The summed E-state index contributed by atoms with van der Waals surface area (Å²) in [5.41, 5.74) is -3.73. The van der Waals surface area contributed by atoms with Gasteiger partial charge in [-0.15, -0.1) is 13.2 Å². The maximum atomic E-state index is 12.0. The lowest BCUT2D eigenvalue weighted by Gasteiger charge is -2.07. The zero-order valence-electron chi connectivity index (χ0n) is 8.05. The summed E-state index contributed by atoms with van der Waals surface area (Å²) >= 11 is -0.119. The first-order chi connectivity index (χ1) is 7.03. The average Bonchev–Trinajstić information content (AvgIpc) is 2.19. The lowest BCUT2D eigenvalue weighted by atomic mass is 10.2.